The average molecular weight is 260 g/mol. The Labute approximate surface area is 115 Å². The van der Waals surface area contributed by atoms with E-state index in [2.05, 4.69) is 12.2 Å². The molecule has 104 valence electrons. The van der Waals surface area contributed by atoms with Crippen LogP contribution in [0.15, 0.2) is 30.3 Å². The molecule has 3 heteroatoms. The number of rotatable bonds is 7. The molecule has 0 radical (unpaired) electrons. The van der Waals surface area contributed by atoms with Gasteiger partial charge in [-0.05, 0) is 30.7 Å². The predicted octanol–water partition coefficient (Wildman–Crippen LogP) is 2.25. The van der Waals surface area contributed by atoms with Crippen molar-refractivity contribution in [3.63, 3.8) is 0 Å². The molecule has 0 bridgehead atoms. The minimum atomic E-state index is -0.448. The van der Waals surface area contributed by atoms with Gasteiger partial charge in [0.15, 0.2) is 0 Å². The van der Waals surface area contributed by atoms with Crippen LogP contribution in [0.25, 0.3) is 0 Å². The zero-order chi connectivity index (χ0) is 13.7. The van der Waals surface area contributed by atoms with E-state index >= 15 is 0 Å². The number of benzene rings is 1. The van der Waals surface area contributed by atoms with Crippen LogP contribution in [0.5, 0.6) is 0 Å². The van der Waals surface area contributed by atoms with Crippen molar-refractivity contribution in [3.8, 4) is 0 Å². The molecule has 2 unspecified atom stereocenters. The molecular weight excluding hydrogens is 236 g/mol. The van der Waals surface area contributed by atoms with Crippen molar-refractivity contribution < 1.29 is 4.79 Å². The van der Waals surface area contributed by atoms with E-state index in [0.29, 0.717) is 12.5 Å². The highest BCUT2D eigenvalue weighted by Gasteiger charge is 2.26. The number of carbonyl (C=O) groups excluding carboxylic acids is 1. The second kappa shape index (κ2) is 6.71. The minimum Gasteiger partial charge on any atom is -0.352 e. The molecule has 1 amide bonds. The Morgan fingerprint density at radius 1 is 1.37 bits per heavy atom. The monoisotopic (exact) mass is 260 g/mol. The summed E-state index contributed by atoms with van der Waals surface area (Å²) in [6, 6.07) is 9.78. The van der Waals surface area contributed by atoms with Crippen LogP contribution in [0.3, 0.4) is 0 Å². The van der Waals surface area contributed by atoms with Gasteiger partial charge in [0.1, 0.15) is 0 Å². The lowest BCUT2D eigenvalue weighted by Crippen LogP contribution is -2.46. The molecule has 0 aliphatic heterocycles. The first-order valence-corrected chi connectivity index (χ1v) is 7.29. The molecule has 3 nitrogen and oxygen atoms in total. The first kappa shape index (κ1) is 14.1. The molecule has 0 spiro atoms. The van der Waals surface area contributed by atoms with Gasteiger partial charge in [-0.15, -0.1) is 0 Å². The first-order valence-electron chi connectivity index (χ1n) is 7.29. The van der Waals surface area contributed by atoms with E-state index in [1.54, 1.807) is 0 Å². The molecule has 3 N–H and O–H groups in total. The molecule has 1 aromatic rings. The maximum absolute atomic E-state index is 12.1. The molecule has 0 aromatic heterocycles. The van der Waals surface area contributed by atoms with E-state index in [4.69, 9.17) is 5.73 Å². The second-order valence-electron chi connectivity index (χ2n) is 5.59. The van der Waals surface area contributed by atoms with Crippen LogP contribution in [-0.4, -0.2) is 18.0 Å². The first-order chi connectivity index (χ1) is 9.19. The van der Waals surface area contributed by atoms with Gasteiger partial charge in [0.05, 0.1) is 6.04 Å². The van der Waals surface area contributed by atoms with Gasteiger partial charge in [0.25, 0.3) is 0 Å². The highest BCUT2D eigenvalue weighted by atomic mass is 16.2. The Bertz CT molecular complexity index is 400. The molecule has 19 heavy (non-hydrogen) atoms. The van der Waals surface area contributed by atoms with Crippen molar-refractivity contribution in [1.82, 2.24) is 5.32 Å². The molecule has 1 aliphatic carbocycles. The summed E-state index contributed by atoms with van der Waals surface area (Å²) in [4.78, 5) is 12.1. The zero-order valence-corrected chi connectivity index (χ0v) is 11.6. The Kier molecular flexibility index (Phi) is 4.97. The quantitative estimate of drug-likeness (QED) is 0.790. The van der Waals surface area contributed by atoms with Crippen LogP contribution in [-0.2, 0) is 11.2 Å². The third kappa shape index (κ3) is 4.67. The van der Waals surface area contributed by atoms with Crippen LogP contribution < -0.4 is 11.1 Å². The highest BCUT2D eigenvalue weighted by molar-refractivity contribution is 5.82. The Balaban J connectivity index is 1.80. The zero-order valence-electron chi connectivity index (χ0n) is 11.6. The van der Waals surface area contributed by atoms with Gasteiger partial charge in [-0.25, -0.2) is 0 Å². The lowest BCUT2D eigenvalue weighted by molar-refractivity contribution is -0.123. The van der Waals surface area contributed by atoms with Crippen LogP contribution in [0.1, 0.15) is 38.2 Å². The van der Waals surface area contributed by atoms with E-state index in [1.807, 2.05) is 30.3 Å². The SMILES string of the molecule is CCC(CC1CC1)NC(=O)C(N)Cc1ccccc1. The summed E-state index contributed by atoms with van der Waals surface area (Å²) in [6.45, 7) is 2.12. The van der Waals surface area contributed by atoms with Gasteiger partial charge < -0.3 is 11.1 Å². The van der Waals surface area contributed by atoms with Crippen LogP contribution >= 0.6 is 0 Å². The maximum Gasteiger partial charge on any atom is 0.237 e. The summed E-state index contributed by atoms with van der Waals surface area (Å²) in [5.74, 6) is 0.812. The standard InChI is InChI=1S/C16H24N2O/c1-2-14(10-13-8-9-13)18-16(19)15(17)11-12-6-4-3-5-7-12/h3-7,13-15H,2,8-11,17H2,1H3,(H,18,19). The normalized spacial score (nSPS) is 17.8. The lowest BCUT2D eigenvalue weighted by atomic mass is 10.0. The Morgan fingerprint density at radius 2 is 2.05 bits per heavy atom. The van der Waals surface area contributed by atoms with Gasteiger partial charge in [0.2, 0.25) is 5.91 Å². The number of nitrogens with two attached hydrogens (primary N) is 1. The number of hydrogen-bond acceptors (Lipinski definition) is 2. The maximum atomic E-state index is 12.1. The van der Waals surface area contributed by atoms with E-state index in [0.717, 1.165) is 24.3 Å². The largest absolute Gasteiger partial charge is 0.352 e. The van der Waals surface area contributed by atoms with E-state index in [9.17, 15) is 4.79 Å². The Hall–Kier alpha value is -1.35. The molecule has 0 saturated heterocycles. The minimum absolute atomic E-state index is 0.0173. The molecule has 1 aliphatic rings. The highest BCUT2D eigenvalue weighted by Crippen LogP contribution is 2.34. The van der Waals surface area contributed by atoms with Crippen molar-refractivity contribution in [3.05, 3.63) is 35.9 Å². The fraction of sp³-hybridized carbons (Fsp3) is 0.562. The van der Waals surface area contributed by atoms with E-state index < -0.39 is 6.04 Å². The molecule has 1 saturated carbocycles. The Morgan fingerprint density at radius 3 is 2.63 bits per heavy atom. The van der Waals surface area contributed by atoms with Gasteiger partial charge in [-0.1, -0.05) is 50.1 Å². The van der Waals surface area contributed by atoms with Gasteiger partial charge in [0, 0.05) is 6.04 Å². The summed E-state index contributed by atoms with van der Waals surface area (Å²) in [7, 11) is 0. The number of amides is 1. The van der Waals surface area contributed by atoms with Crippen LogP contribution in [0, 0.1) is 5.92 Å². The predicted molar refractivity (Wildman–Crippen MR) is 77.7 cm³/mol. The lowest BCUT2D eigenvalue weighted by Gasteiger charge is -2.19. The van der Waals surface area contributed by atoms with E-state index in [-0.39, 0.29) is 5.91 Å². The summed E-state index contributed by atoms with van der Waals surface area (Å²) < 4.78 is 0. The molecule has 2 rings (SSSR count). The fourth-order valence-electron chi connectivity index (χ4n) is 2.35. The number of hydrogen-bond donors (Lipinski definition) is 2. The third-order valence-corrected chi connectivity index (χ3v) is 3.79. The topological polar surface area (TPSA) is 55.1 Å². The molecule has 2 atom stereocenters. The van der Waals surface area contributed by atoms with E-state index in [1.165, 1.54) is 12.8 Å². The second-order valence-corrected chi connectivity index (χ2v) is 5.59. The number of nitrogens with one attached hydrogen (secondary N) is 1. The van der Waals surface area contributed by atoms with Crippen molar-refractivity contribution in [2.45, 2.75) is 51.1 Å². The van der Waals surface area contributed by atoms with Crippen molar-refractivity contribution in [2.24, 2.45) is 11.7 Å². The molecular formula is C16H24N2O. The molecule has 1 aromatic carbocycles. The van der Waals surface area contributed by atoms with Crippen LogP contribution in [0.2, 0.25) is 0 Å². The van der Waals surface area contributed by atoms with Crippen LogP contribution in [0.4, 0.5) is 0 Å². The van der Waals surface area contributed by atoms with Crippen molar-refractivity contribution >= 4 is 5.91 Å². The third-order valence-electron chi connectivity index (χ3n) is 3.79. The average Bonchev–Trinajstić information content (AvgIpc) is 3.23. The van der Waals surface area contributed by atoms with Crippen molar-refractivity contribution in [1.29, 1.82) is 0 Å². The summed E-state index contributed by atoms with van der Waals surface area (Å²) in [5, 5.41) is 3.09. The summed E-state index contributed by atoms with van der Waals surface area (Å²) in [5.41, 5.74) is 7.10. The number of carbonyl (C=O) groups is 1. The van der Waals surface area contributed by atoms with Gasteiger partial charge >= 0.3 is 0 Å². The van der Waals surface area contributed by atoms with Crippen molar-refractivity contribution in [2.75, 3.05) is 0 Å². The van der Waals surface area contributed by atoms with Gasteiger partial charge in [-0.2, -0.15) is 0 Å². The molecule has 0 heterocycles. The summed E-state index contributed by atoms with van der Waals surface area (Å²) in [6.07, 6.45) is 5.35. The fourth-order valence-corrected chi connectivity index (χ4v) is 2.35. The summed E-state index contributed by atoms with van der Waals surface area (Å²) >= 11 is 0. The van der Waals surface area contributed by atoms with Gasteiger partial charge in [-0.3, -0.25) is 4.79 Å². The smallest absolute Gasteiger partial charge is 0.237 e. The molecule has 1 fully saturated rings.